The molecule has 0 aliphatic carbocycles. The standard InChI is InChI=1S/C20H26N4O9S2/c1-9(25)21-15-17(32-12(4)28)16(31-11(3)27)13(8-30-10(2)26)33-19(15)22-20(34)24-23-18(29)14-6-5-7-35-14/h5-7,13,15-17,19H,8H2,1-4H3,(H,21,25)(H,23,29)(H2,22,24,34)/t13-,15-,16-,17-,19-/m1/s1. The fourth-order valence-corrected chi connectivity index (χ4v) is 3.99. The topological polar surface area (TPSA) is 170 Å². The van der Waals surface area contributed by atoms with E-state index >= 15 is 0 Å². The van der Waals surface area contributed by atoms with E-state index in [1.165, 1.54) is 25.2 Å². The fourth-order valence-electron chi connectivity index (χ4n) is 3.20. The van der Waals surface area contributed by atoms with Gasteiger partial charge in [0, 0.05) is 27.7 Å². The lowest BCUT2D eigenvalue weighted by Gasteiger charge is -2.45. The van der Waals surface area contributed by atoms with Crippen LogP contribution in [0.25, 0.3) is 0 Å². The molecule has 0 radical (unpaired) electrons. The van der Waals surface area contributed by atoms with Crippen molar-refractivity contribution in [3.63, 3.8) is 0 Å². The van der Waals surface area contributed by atoms with E-state index < -0.39 is 60.3 Å². The van der Waals surface area contributed by atoms with Crippen LogP contribution in [0, 0.1) is 0 Å². The monoisotopic (exact) mass is 530 g/mol. The first-order valence-electron chi connectivity index (χ1n) is 10.3. The van der Waals surface area contributed by atoms with Crippen LogP contribution in [-0.2, 0) is 38.1 Å². The normalized spacial score (nSPS) is 23.3. The van der Waals surface area contributed by atoms with Crippen molar-refractivity contribution in [2.24, 2.45) is 0 Å². The second kappa shape index (κ2) is 13.0. The maximum absolute atomic E-state index is 12.1. The number of hydrazine groups is 1. The molecule has 13 nitrogen and oxygen atoms in total. The first kappa shape index (κ1) is 27.9. The molecule has 2 amide bonds. The van der Waals surface area contributed by atoms with E-state index in [0.717, 1.165) is 13.8 Å². The predicted molar refractivity (Wildman–Crippen MR) is 125 cm³/mol. The van der Waals surface area contributed by atoms with Crippen molar-refractivity contribution in [2.75, 3.05) is 6.61 Å². The van der Waals surface area contributed by atoms with Gasteiger partial charge in [0.2, 0.25) is 5.91 Å². The van der Waals surface area contributed by atoms with E-state index in [4.69, 9.17) is 31.2 Å². The summed E-state index contributed by atoms with van der Waals surface area (Å²) in [6.07, 6.45) is -4.73. The Hall–Kier alpha value is -3.30. The average molecular weight is 531 g/mol. The summed E-state index contributed by atoms with van der Waals surface area (Å²) in [7, 11) is 0. The van der Waals surface area contributed by atoms with Gasteiger partial charge in [-0.15, -0.1) is 11.3 Å². The summed E-state index contributed by atoms with van der Waals surface area (Å²) in [6.45, 7) is 4.33. The molecule has 0 spiro atoms. The summed E-state index contributed by atoms with van der Waals surface area (Å²) in [5, 5.41) is 6.99. The van der Waals surface area contributed by atoms with Crippen LogP contribution >= 0.6 is 23.6 Å². The molecule has 1 aromatic rings. The first-order valence-corrected chi connectivity index (χ1v) is 11.6. The SMILES string of the molecule is CC(=O)N[C@@H]1[C@@H](OC(C)=O)[C@H](OC(C)=O)[C@@H](COC(C)=O)O[C@H]1NC(=S)NNC(=O)c1cccs1. The minimum atomic E-state index is -1.24. The lowest BCUT2D eigenvalue weighted by atomic mass is 9.95. The number of thiocarbonyl (C=S) groups is 1. The van der Waals surface area contributed by atoms with Crippen molar-refractivity contribution in [2.45, 2.75) is 58.3 Å². The third kappa shape index (κ3) is 8.77. The molecular weight excluding hydrogens is 504 g/mol. The summed E-state index contributed by atoms with van der Waals surface area (Å²) in [5.74, 6) is -3.01. The summed E-state index contributed by atoms with van der Waals surface area (Å²) in [4.78, 5) is 59.5. The predicted octanol–water partition coefficient (Wildman–Crippen LogP) is -0.487. The van der Waals surface area contributed by atoms with Crippen LogP contribution in [0.5, 0.6) is 0 Å². The van der Waals surface area contributed by atoms with Crippen molar-refractivity contribution in [3.05, 3.63) is 22.4 Å². The molecule has 35 heavy (non-hydrogen) atoms. The van der Waals surface area contributed by atoms with Crippen LogP contribution in [-0.4, -0.2) is 72.0 Å². The number of rotatable bonds is 7. The lowest BCUT2D eigenvalue weighted by molar-refractivity contribution is -0.225. The number of esters is 3. The number of hydrogen-bond donors (Lipinski definition) is 4. The largest absolute Gasteiger partial charge is 0.463 e. The summed E-state index contributed by atoms with van der Waals surface area (Å²) in [6, 6.07) is 2.23. The van der Waals surface area contributed by atoms with Crippen molar-refractivity contribution >= 4 is 58.4 Å². The fraction of sp³-hybridized carbons (Fsp3) is 0.500. The van der Waals surface area contributed by atoms with Crippen molar-refractivity contribution in [3.8, 4) is 0 Å². The van der Waals surface area contributed by atoms with Gasteiger partial charge in [-0.1, -0.05) is 6.07 Å². The third-order valence-corrected chi connectivity index (χ3v) is 5.51. The zero-order valence-electron chi connectivity index (χ0n) is 19.3. The van der Waals surface area contributed by atoms with Gasteiger partial charge in [-0.2, -0.15) is 0 Å². The molecule has 5 atom stereocenters. The Morgan fingerprint density at radius 1 is 0.971 bits per heavy atom. The molecular formula is C20H26N4O9S2. The smallest absolute Gasteiger partial charge is 0.303 e. The molecule has 4 N–H and O–H groups in total. The van der Waals surface area contributed by atoms with Crippen molar-refractivity contribution in [1.82, 2.24) is 21.5 Å². The molecule has 1 aliphatic rings. The minimum Gasteiger partial charge on any atom is -0.463 e. The van der Waals surface area contributed by atoms with E-state index in [0.29, 0.717) is 4.88 Å². The molecule has 1 aromatic heterocycles. The maximum Gasteiger partial charge on any atom is 0.303 e. The molecule has 1 fully saturated rings. The van der Waals surface area contributed by atoms with E-state index in [1.54, 1.807) is 17.5 Å². The zero-order chi connectivity index (χ0) is 26.1. The Labute approximate surface area is 210 Å². The van der Waals surface area contributed by atoms with Crippen LogP contribution in [0.15, 0.2) is 17.5 Å². The minimum absolute atomic E-state index is 0.103. The number of carbonyl (C=O) groups excluding carboxylic acids is 5. The molecule has 192 valence electrons. The molecule has 0 bridgehead atoms. The van der Waals surface area contributed by atoms with Crippen LogP contribution in [0.3, 0.4) is 0 Å². The highest BCUT2D eigenvalue weighted by atomic mass is 32.1. The number of carbonyl (C=O) groups is 5. The van der Waals surface area contributed by atoms with E-state index in [9.17, 15) is 24.0 Å². The molecule has 1 saturated heterocycles. The second-order valence-corrected chi connectivity index (χ2v) is 8.66. The van der Waals surface area contributed by atoms with Gasteiger partial charge in [0.05, 0.1) is 4.88 Å². The second-order valence-electron chi connectivity index (χ2n) is 7.30. The average Bonchev–Trinajstić information content (AvgIpc) is 3.29. The van der Waals surface area contributed by atoms with Crippen molar-refractivity contribution in [1.29, 1.82) is 0 Å². The van der Waals surface area contributed by atoms with Crippen molar-refractivity contribution < 1.29 is 42.9 Å². The Bertz CT molecular complexity index is 956. The quantitative estimate of drug-likeness (QED) is 0.155. The van der Waals surface area contributed by atoms with Crippen LogP contribution < -0.4 is 21.5 Å². The van der Waals surface area contributed by atoms with Gasteiger partial charge in [0.1, 0.15) is 18.8 Å². The highest BCUT2D eigenvalue weighted by Gasteiger charge is 2.51. The molecule has 2 rings (SSSR count). The Morgan fingerprint density at radius 2 is 1.63 bits per heavy atom. The number of ether oxygens (including phenoxy) is 4. The molecule has 0 saturated carbocycles. The highest BCUT2D eigenvalue weighted by Crippen LogP contribution is 2.26. The van der Waals surface area contributed by atoms with Gasteiger partial charge in [0.25, 0.3) is 5.91 Å². The van der Waals surface area contributed by atoms with Crippen LogP contribution in [0.1, 0.15) is 37.4 Å². The lowest BCUT2D eigenvalue weighted by Crippen LogP contribution is -2.70. The number of nitrogens with one attached hydrogen (secondary N) is 4. The van der Waals surface area contributed by atoms with Gasteiger partial charge in [-0.05, 0) is 23.7 Å². The number of thiophene rings is 1. The molecule has 15 heteroatoms. The maximum atomic E-state index is 12.1. The van der Waals surface area contributed by atoms with E-state index in [1.807, 2.05) is 0 Å². The summed E-state index contributed by atoms with van der Waals surface area (Å²) >= 11 is 6.44. The molecule has 0 unspecified atom stereocenters. The Kier molecular flexibility index (Phi) is 10.4. The van der Waals surface area contributed by atoms with Crippen LogP contribution in [0.4, 0.5) is 0 Å². The van der Waals surface area contributed by atoms with E-state index in [-0.39, 0.29) is 11.7 Å². The van der Waals surface area contributed by atoms with Gasteiger partial charge in [0.15, 0.2) is 23.5 Å². The summed E-state index contributed by atoms with van der Waals surface area (Å²) < 4.78 is 21.6. The highest BCUT2D eigenvalue weighted by molar-refractivity contribution is 7.80. The Morgan fingerprint density at radius 3 is 2.17 bits per heavy atom. The number of amides is 2. The third-order valence-electron chi connectivity index (χ3n) is 4.42. The van der Waals surface area contributed by atoms with Gasteiger partial charge >= 0.3 is 17.9 Å². The van der Waals surface area contributed by atoms with Gasteiger partial charge in [-0.25, -0.2) is 0 Å². The molecule has 2 heterocycles. The van der Waals surface area contributed by atoms with E-state index in [2.05, 4.69) is 21.5 Å². The molecule has 0 aromatic carbocycles. The first-order chi connectivity index (χ1) is 16.5. The number of hydrogen-bond acceptors (Lipinski definition) is 11. The van der Waals surface area contributed by atoms with Crippen LogP contribution in [0.2, 0.25) is 0 Å². The summed E-state index contributed by atoms with van der Waals surface area (Å²) in [5.41, 5.74) is 4.92. The molecule has 1 aliphatic heterocycles. The van der Waals surface area contributed by atoms with Gasteiger partial charge < -0.3 is 29.6 Å². The zero-order valence-corrected chi connectivity index (χ0v) is 20.9. The Balaban J connectivity index is 2.26. The van der Waals surface area contributed by atoms with Gasteiger partial charge in [-0.3, -0.25) is 34.8 Å².